The number of anilines is 4. The number of nitrogens with zero attached hydrogens (tertiary/aromatic N) is 15. The number of amides is 2. The molecule has 8 aromatic heterocycles. The lowest BCUT2D eigenvalue weighted by atomic mass is 10.1. The van der Waals surface area contributed by atoms with Crippen LogP contribution in [0, 0.1) is 13.8 Å². The summed E-state index contributed by atoms with van der Waals surface area (Å²) in [7, 11) is -5.63. The highest BCUT2D eigenvalue weighted by Gasteiger charge is 2.57. The van der Waals surface area contributed by atoms with E-state index in [-0.39, 0.29) is 134 Å². The van der Waals surface area contributed by atoms with Crippen molar-refractivity contribution in [2.75, 3.05) is 158 Å². The van der Waals surface area contributed by atoms with E-state index in [1.165, 1.54) is 88.1 Å². The zero-order chi connectivity index (χ0) is 105. The molecule has 29 atom stereocenters. The van der Waals surface area contributed by atoms with E-state index in [0.29, 0.717) is 5.57 Å². The summed E-state index contributed by atoms with van der Waals surface area (Å²) >= 11 is 16.8. The summed E-state index contributed by atoms with van der Waals surface area (Å²) in [6, 6.07) is -0.728. The van der Waals surface area contributed by atoms with Crippen LogP contribution >= 0.6 is 35.9 Å². The highest BCUT2D eigenvalue weighted by Crippen LogP contribution is 2.57. The first-order valence-corrected chi connectivity index (χ1v) is 55.3. The number of hydrogen-bond acceptors (Lipinski definition) is 56. The van der Waals surface area contributed by atoms with Crippen LogP contribution in [0.15, 0.2) is 75.0 Å². The summed E-state index contributed by atoms with van der Waals surface area (Å²) in [6.07, 6.45) is -29.0. The molecule has 146 heavy (non-hydrogen) atoms. The minimum absolute atomic E-state index is 0.0271. The molecule has 15 rings (SSSR count). The highest BCUT2D eigenvalue weighted by atomic mass is 32.7. The van der Waals surface area contributed by atoms with Crippen LogP contribution in [-0.2, 0) is 171 Å². The van der Waals surface area contributed by atoms with Crippen molar-refractivity contribution in [1.82, 2.24) is 87.9 Å². The second-order valence-corrected chi connectivity index (χ2v) is 44.3. The van der Waals surface area contributed by atoms with E-state index in [1.54, 1.807) is 13.8 Å². The number of fused-ring (bicyclic) bond motifs is 3. The third-order valence-electron chi connectivity index (χ3n) is 23.9. The van der Waals surface area contributed by atoms with Crippen LogP contribution in [0.25, 0.3) is 33.5 Å². The standard InChI is InChI=1S/C76H112N23O39P5S3/c1-10-38-39(21-45(128-38)97-32-88-48-65(97)91-73(81)92-67(48)102)134-141(110,144)126-28-43-51(55(119-17-12-114-6)69(131-43)95-23-36(3)60(78)90-75(95)104)136-139(106,107)123-26-41-50(56(120-18-13-115-7)71(132-41)98-33-86-46-61(79)82-30-84-63(46)98)135-140(108,109)124-27-42-52(57(121-19-14-116-8)70(130-42)96-24-37(4)66(101)93-76(96)105)137-143(112,146)127-29-44-53(58(122-20-15-117-9)72(133-44)99-34-87-47-62(80)83-31-85-64(47)99)138-142(111,145)125-25-40-49(100)54(118-16-11-113-5)68(129-40)94-22-35(2)59(77)89-74(94)103/h22-24,30-34,38-45,49-59,68-72,100H,10-21,25-29,77H2,1-9H3,(H,89,103)(H,106,107)(H,108,109)(H,110,144)(H,111,145)(H,112,146)(H2,78,90,104)(H2,79,82,84)(H2,80,83,85)(H,93,101,105)(H3,81,91,92,102)/p-5/t38-,39-,40-,41-,42-,43-,44-,45-,49+,50+,51+,52+,53+,54?,55?,56?,57?,58?,59?,68-,69-,70-,71-,72-,141?,142?,143?/m1/s1. The van der Waals surface area contributed by atoms with E-state index in [2.05, 4.69) is 60.1 Å². The van der Waals surface area contributed by atoms with Gasteiger partial charge < -0.3 is 192 Å². The molecule has 70 heteroatoms. The Hall–Kier alpha value is -7.72. The summed E-state index contributed by atoms with van der Waals surface area (Å²) in [4.78, 5) is 171. The van der Waals surface area contributed by atoms with Crippen molar-refractivity contribution in [3.63, 3.8) is 0 Å². The second kappa shape index (κ2) is 48.5. The summed E-state index contributed by atoms with van der Waals surface area (Å²) in [5.41, 5.74) is 27.4. The Balaban J connectivity index is 0.717. The number of imidazole rings is 3. The highest BCUT2D eigenvalue weighted by molar-refractivity contribution is 8.32. The van der Waals surface area contributed by atoms with Gasteiger partial charge in [0.1, 0.15) is 147 Å². The van der Waals surface area contributed by atoms with E-state index >= 15 is 28.4 Å². The van der Waals surface area contributed by atoms with Crippen LogP contribution in [0.1, 0.15) is 69.0 Å². The first-order valence-electron chi connectivity index (χ1n) is 44.7. The van der Waals surface area contributed by atoms with Gasteiger partial charge in [-0.15, -0.1) is 0 Å². The van der Waals surface area contributed by atoms with Gasteiger partial charge in [0.05, 0.1) is 130 Å². The zero-order valence-electron chi connectivity index (χ0n) is 79.0. The molecule has 15 heterocycles. The van der Waals surface area contributed by atoms with Crippen LogP contribution < -0.4 is 76.1 Å². The number of aliphatic hydroxyl groups is 1. The van der Waals surface area contributed by atoms with Gasteiger partial charge in [-0.1, -0.05) is 30.5 Å². The van der Waals surface area contributed by atoms with Crippen molar-refractivity contribution in [3.8, 4) is 0 Å². The van der Waals surface area contributed by atoms with E-state index in [9.17, 15) is 34.0 Å². The average molecular weight is 2220 g/mol. The van der Waals surface area contributed by atoms with Crippen molar-refractivity contribution in [2.45, 2.75) is 188 Å². The molecular formula is C76H107N23O39P5S3-5. The third kappa shape index (κ3) is 26.1. The van der Waals surface area contributed by atoms with Crippen molar-refractivity contribution in [2.24, 2.45) is 5.73 Å². The van der Waals surface area contributed by atoms with E-state index in [4.69, 9.17) is 186 Å². The van der Waals surface area contributed by atoms with Crippen LogP contribution in [0.5, 0.6) is 0 Å². The maximum Gasteiger partial charge on any atom is 0.351 e. The van der Waals surface area contributed by atoms with Crippen LogP contribution in [0.3, 0.4) is 0 Å². The number of aromatic nitrogens is 16. The minimum atomic E-state index is -6.20. The normalized spacial score (nSPS) is 30.2. The Kier molecular flexibility index (Phi) is 37.3. The number of carbonyl (C=O) groups is 1. The minimum Gasteiger partial charge on any atom is -0.780 e. The van der Waals surface area contributed by atoms with Crippen molar-refractivity contribution in [1.29, 1.82) is 0 Å². The predicted molar refractivity (Wildman–Crippen MR) is 498 cm³/mol. The molecular weight excluding hydrogens is 2110 g/mol. The first-order chi connectivity index (χ1) is 69.6. The summed E-state index contributed by atoms with van der Waals surface area (Å²) < 4.78 is 207. The molecule has 0 bridgehead atoms. The molecule has 2 amide bonds. The fourth-order valence-corrected chi connectivity index (χ4v) is 23.0. The lowest BCUT2D eigenvalue weighted by Gasteiger charge is -2.36. The van der Waals surface area contributed by atoms with Crippen molar-refractivity contribution < 1.29 is 164 Å². The van der Waals surface area contributed by atoms with Gasteiger partial charge in [-0.2, -0.15) is 9.97 Å². The number of hydrogen-bond donors (Lipinski definition) is 9. The molecule has 0 saturated carbocycles. The number of aromatic amines is 2. The number of aliphatic hydroxyl groups excluding tert-OH is 1. The molecule has 7 aliphatic heterocycles. The quantitative estimate of drug-likeness (QED) is 0.00998. The number of methoxy groups -OCH3 is 5. The van der Waals surface area contributed by atoms with E-state index < -0.39 is 258 Å². The zero-order valence-corrected chi connectivity index (χ0v) is 85.9. The van der Waals surface area contributed by atoms with Crippen molar-refractivity contribution in [3.05, 3.63) is 109 Å². The SMILES string of the molecule is CC[C@H]1O[C@@H](n2cnc3c(=O)[nH]c(N)nc32)C[C@H]1OP([O-])(=S)OC[C@H]1O[C@@H](n2cc(C)c(N)nc2=O)C(OCCOC)[C@H]1OP(=O)([O-])OC[C@H]1O[C@@H](n2cnc3c(N)ncnc32)C(OCCOC)[C@H]1OP(=O)([O-])OC[C@H]1O[C@@H](n2cc(C)c(=O)[nH]c2=O)C(OCCOC)[C@H]1OP(=O)([S-])OC[C@H]1O[C@@H](n2cnc3c(N)ncnc32)C(OCCOC)[C@H]1OP([O-])(=S)OC[C@H]1O[C@@H](N2C=C(C)C(N)NC2=O)C(OCCOC)[C@H]1O. The first kappa shape index (κ1) is 112. The Morgan fingerprint density at radius 1 is 0.466 bits per heavy atom. The van der Waals surface area contributed by atoms with Gasteiger partial charge in [-0.3, -0.25) is 61.0 Å². The van der Waals surface area contributed by atoms with Crippen LogP contribution in [-0.4, -0.2) is 345 Å². The molecule has 14 N–H and O–H groups in total. The second-order valence-electron chi connectivity index (χ2n) is 33.5. The fourth-order valence-electron chi connectivity index (χ4n) is 16.8. The largest absolute Gasteiger partial charge is 0.780 e. The lowest BCUT2D eigenvalue weighted by molar-refractivity contribution is -0.241. The van der Waals surface area contributed by atoms with Gasteiger partial charge >= 0.3 is 17.4 Å². The number of phosphoric ester groups is 2. The molecule has 62 nitrogen and oxygen atoms in total. The molecule has 0 spiro atoms. The Labute approximate surface area is 842 Å². The predicted octanol–water partition coefficient (Wildman–Crippen LogP) is -3.93. The average Bonchev–Trinajstić information content (AvgIpc) is 1.60. The molecule has 6 fully saturated rings. The van der Waals surface area contributed by atoms with Gasteiger partial charge in [0.25, 0.3) is 26.8 Å². The number of nitrogens with two attached hydrogens (primary N) is 5. The van der Waals surface area contributed by atoms with Crippen LogP contribution in [0.4, 0.5) is 28.2 Å². The summed E-state index contributed by atoms with van der Waals surface area (Å²) in [6.45, 7) is -16.7. The summed E-state index contributed by atoms with van der Waals surface area (Å²) in [5.74, 6) is -0.664. The smallest absolute Gasteiger partial charge is 0.351 e. The third-order valence-corrected chi connectivity index (χ3v) is 30.4. The number of carbonyl (C=O) groups excluding carboxylic acids is 1. The molecule has 808 valence electrons. The Morgan fingerprint density at radius 2 is 0.897 bits per heavy atom. The molecule has 0 aromatic carbocycles. The monoisotopic (exact) mass is 2220 g/mol. The number of urea groups is 1. The molecule has 0 aliphatic carbocycles. The Morgan fingerprint density at radius 3 is 1.40 bits per heavy atom. The van der Waals surface area contributed by atoms with E-state index in [1.807, 2.05) is 0 Å². The number of nitrogens with one attached hydrogen (secondary N) is 3. The number of H-pyrrole nitrogens is 2. The number of rotatable bonds is 52. The van der Waals surface area contributed by atoms with Gasteiger partial charge in [0.2, 0.25) is 5.95 Å². The maximum absolute atomic E-state index is 15.6. The molecule has 8 aromatic rings. The number of aryl methyl sites for hydroxylation is 2. The van der Waals surface area contributed by atoms with Gasteiger partial charge in [0, 0.05) is 71.7 Å². The van der Waals surface area contributed by atoms with Crippen LogP contribution in [0.2, 0.25) is 0 Å². The molecule has 0 radical (unpaired) electrons. The van der Waals surface area contributed by atoms with Gasteiger partial charge in [-0.05, 0) is 32.8 Å². The number of phosphoric acid groups is 2. The topological polar surface area (TPSA) is 807 Å². The van der Waals surface area contributed by atoms with E-state index in [0.717, 1.165) is 39.2 Å². The van der Waals surface area contributed by atoms with Crippen molar-refractivity contribution >= 4 is 135 Å². The summed E-state index contributed by atoms with van der Waals surface area (Å²) in [5, 5.41) is 14.4. The lowest BCUT2D eigenvalue weighted by Crippen LogP contribution is -2.57. The number of nitrogen functional groups attached to an aromatic ring is 4. The molecule has 6 saturated heterocycles. The molecule has 7 aliphatic rings. The Bertz CT molecular complexity index is 6440. The van der Waals surface area contributed by atoms with Gasteiger partial charge in [0.15, 0.2) is 72.0 Å². The number of ether oxygens (including phenoxy) is 16. The molecule has 11 unspecified atom stereocenters. The fraction of sp³-hybridized carbons (Fsp3) is 0.658. The van der Waals surface area contributed by atoms with Gasteiger partial charge in [-0.25, -0.2) is 49.3 Å². The maximum atomic E-state index is 15.6.